The van der Waals surface area contributed by atoms with Crippen molar-refractivity contribution in [3.63, 3.8) is 0 Å². The van der Waals surface area contributed by atoms with Gasteiger partial charge >= 0.3 is 5.97 Å². The summed E-state index contributed by atoms with van der Waals surface area (Å²) in [5, 5.41) is 0. The molecule has 13 heavy (non-hydrogen) atoms. The lowest BCUT2D eigenvalue weighted by molar-refractivity contribution is -0.145. The number of carbonyl (C=O) groups is 2. The molecule has 0 spiro atoms. The molecule has 1 aliphatic heterocycles. The van der Waals surface area contributed by atoms with Crippen LogP contribution < -0.4 is 0 Å². The molecule has 0 aliphatic carbocycles. The van der Waals surface area contributed by atoms with E-state index >= 15 is 0 Å². The van der Waals surface area contributed by atoms with E-state index in [1.807, 2.05) is 0 Å². The highest BCUT2D eigenvalue weighted by atomic mass is 32.1. The maximum absolute atomic E-state index is 11.4. The minimum absolute atomic E-state index is 0.212. The van der Waals surface area contributed by atoms with E-state index in [2.05, 4.69) is 4.74 Å². The monoisotopic (exact) mass is 201 g/mol. The second-order valence-electron chi connectivity index (χ2n) is 2.80. The first kappa shape index (κ1) is 10.1. The number of hydrogen-bond acceptors (Lipinski definition) is 4. The SMILES string of the molecule is COC(=O)CC(=O)N1CCCC1=S. The molecule has 0 aromatic heterocycles. The predicted octanol–water partition coefficient (Wildman–Crippen LogP) is 0.499. The number of esters is 1. The minimum Gasteiger partial charge on any atom is -0.469 e. The summed E-state index contributed by atoms with van der Waals surface area (Å²) in [6.45, 7) is 0.634. The van der Waals surface area contributed by atoms with E-state index in [1.165, 1.54) is 12.0 Å². The van der Waals surface area contributed by atoms with Crippen LogP contribution in [-0.2, 0) is 14.3 Å². The van der Waals surface area contributed by atoms with Crippen molar-refractivity contribution in [2.24, 2.45) is 0 Å². The van der Waals surface area contributed by atoms with Crippen LogP contribution in [0.25, 0.3) is 0 Å². The topological polar surface area (TPSA) is 46.6 Å². The van der Waals surface area contributed by atoms with Gasteiger partial charge in [0, 0.05) is 13.0 Å². The van der Waals surface area contributed by atoms with Gasteiger partial charge in [0.1, 0.15) is 6.42 Å². The summed E-state index contributed by atoms with van der Waals surface area (Å²) in [5.41, 5.74) is 0. The van der Waals surface area contributed by atoms with Gasteiger partial charge in [-0.3, -0.25) is 9.59 Å². The van der Waals surface area contributed by atoms with Gasteiger partial charge in [-0.15, -0.1) is 0 Å². The van der Waals surface area contributed by atoms with E-state index in [1.54, 1.807) is 0 Å². The van der Waals surface area contributed by atoms with E-state index in [0.717, 1.165) is 12.8 Å². The van der Waals surface area contributed by atoms with E-state index < -0.39 is 5.97 Å². The van der Waals surface area contributed by atoms with Crippen molar-refractivity contribution in [2.75, 3.05) is 13.7 Å². The molecule has 1 saturated heterocycles. The normalized spacial score (nSPS) is 16.1. The Morgan fingerprint density at radius 1 is 1.62 bits per heavy atom. The van der Waals surface area contributed by atoms with Crippen molar-refractivity contribution in [1.29, 1.82) is 0 Å². The van der Waals surface area contributed by atoms with Crippen LogP contribution in [0.4, 0.5) is 0 Å². The Hall–Kier alpha value is -0.970. The summed E-state index contributed by atoms with van der Waals surface area (Å²) in [5.74, 6) is -0.769. The molecule has 1 rings (SSSR count). The molecule has 4 nitrogen and oxygen atoms in total. The van der Waals surface area contributed by atoms with Crippen LogP contribution in [0.2, 0.25) is 0 Å². The third kappa shape index (κ3) is 2.48. The Kier molecular flexibility index (Phi) is 3.36. The molecule has 0 aromatic rings. The average Bonchev–Trinajstić information content (AvgIpc) is 2.51. The van der Waals surface area contributed by atoms with Crippen molar-refractivity contribution in [1.82, 2.24) is 4.90 Å². The molecule has 1 heterocycles. The van der Waals surface area contributed by atoms with Crippen molar-refractivity contribution in [2.45, 2.75) is 19.3 Å². The third-order valence-electron chi connectivity index (χ3n) is 1.90. The molecule has 1 amide bonds. The predicted molar refractivity (Wildman–Crippen MR) is 50.2 cm³/mol. The Morgan fingerprint density at radius 2 is 2.31 bits per heavy atom. The molecule has 0 saturated carbocycles. The lowest BCUT2D eigenvalue weighted by Crippen LogP contribution is -2.32. The largest absolute Gasteiger partial charge is 0.469 e. The number of methoxy groups -OCH3 is 1. The van der Waals surface area contributed by atoms with Crippen LogP contribution in [0.3, 0.4) is 0 Å². The van der Waals surface area contributed by atoms with Gasteiger partial charge in [-0.05, 0) is 6.42 Å². The highest BCUT2D eigenvalue weighted by Gasteiger charge is 2.24. The van der Waals surface area contributed by atoms with Crippen LogP contribution in [0.1, 0.15) is 19.3 Å². The van der Waals surface area contributed by atoms with Gasteiger partial charge in [-0.1, -0.05) is 12.2 Å². The summed E-state index contributed by atoms with van der Waals surface area (Å²) in [7, 11) is 1.26. The molecule has 1 aliphatic rings. The highest BCUT2D eigenvalue weighted by Crippen LogP contribution is 2.12. The fraction of sp³-hybridized carbons (Fsp3) is 0.625. The Labute approximate surface area is 81.8 Å². The number of nitrogens with zero attached hydrogens (tertiary/aromatic N) is 1. The second kappa shape index (κ2) is 4.32. The lowest BCUT2D eigenvalue weighted by atomic mass is 10.4. The molecule has 0 radical (unpaired) electrons. The molecule has 0 bridgehead atoms. The fourth-order valence-electron chi connectivity index (χ4n) is 1.20. The quantitative estimate of drug-likeness (QED) is 0.371. The first-order chi connectivity index (χ1) is 6.15. The van der Waals surface area contributed by atoms with Crippen LogP contribution in [0.5, 0.6) is 0 Å². The number of hydrogen-bond donors (Lipinski definition) is 0. The number of amides is 1. The van der Waals surface area contributed by atoms with Crippen molar-refractivity contribution < 1.29 is 14.3 Å². The molecule has 72 valence electrons. The zero-order valence-electron chi connectivity index (χ0n) is 7.41. The smallest absolute Gasteiger partial charge is 0.315 e. The summed E-state index contributed by atoms with van der Waals surface area (Å²) in [4.78, 5) is 24.2. The van der Waals surface area contributed by atoms with Gasteiger partial charge in [0.25, 0.3) is 0 Å². The second-order valence-corrected chi connectivity index (χ2v) is 3.27. The zero-order valence-corrected chi connectivity index (χ0v) is 8.23. The lowest BCUT2D eigenvalue weighted by Gasteiger charge is -2.14. The summed E-state index contributed by atoms with van der Waals surface area (Å²) in [6.07, 6.45) is 1.45. The van der Waals surface area contributed by atoms with E-state index in [0.29, 0.717) is 11.5 Å². The molecule has 1 fully saturated rings. The molecular formula is C8H11NO3S. The Morgan fingerprint density at radius 3 is 2.77 bits per heavy atom. The van der Waals surface area contributed by atoms with Gasteiger partial charge in [0.15, 0.2) is 0 Å². The third-order valence-corrected chi connectivity index (χ3v) is 2.32. The number of rotatable bonds is 2. The Bertz CT molecular complexity index is 252. The summed E-state index contributed by atoms with van der Waals surface area (Å²) >= 11 is 4.96. The molecule has 0 unspecified atom stereocenters. The van der Waals surface area contributed by atoms with Gasteiger partial charge in [0.05, 0.1) is 12.1 Å². The van der Waals surface area contributed by atoms with E-state index in [9.17, 15) is 9.59 Å². The van der Waals surface area contributed by atoms with Gasteiger partial charge < -0.3 is 9.64 Å². The fourth-order valence-corrected chi connectivity index (χ4v) is 1.54. The van der Waals surface area contributed by atoms with Crippen LogP contribution >= 0.6 is 12.2 Å². The van der Waals surface area contributed by atoms with Gasteiger partial charge in [0.2, 0.25) is 5.91 Å². The zero-order chi connectivity index (χ0) is 9.84. The number of thiocarbonyl (C=S) groups is 1. The van der Waals surface area contributed by atoms with Gasteiger partial charge in [-0.2, -0.15) is 0 Å². The minimum atomic E-state index is -0.514. The molecule has 0 N–H and O–H groups in total. The number of ether oxygens (including phenoxy) is 1. The first-order valence-corrected chi connectivity index (χ1v) is 4.46. The molecule has 0 aromatic carbocycles. The molecule has 5 heteroatoms. The number of likely N-dealkylation sites (tertiary alicyclic amines) is 1. The molecular weight excluding hydrogens is 190 g/mol. The van der Waals surface area contributed by atoms with E-state index in [4.69, 9.17) is 12.2 Å². The first-order valence-electron chi connectivity index (χ1n) is 4.05. The van der Waals surface area contributed by atoms with Crippen molar-refractivity contribution in [3.8, 4) is 0 Å². The van der Waals surface area contributed by atoms with Crippen LogP contribution in [0.15, 0.2) is 0 Å². The van der Waals surface area contributed by atoms with Gasteiger partial charge in [-0.25, -0.2) is 0 Å². The van der Waals surface area contributed by atoms with Crippen molar-refractivity contribution >= 4 is 29.1 Å². The van der Waals surface area contributed by atoms with Crippen LogP contribution in [0, 0.1) is 0 Å². The van der Waals surface area contributed by atoms with Crippen molar-refractivity contribution in [3.05, 3.63) is 0 Å². The van der Waals surface area contributed by atoms with E-state index in [-0.39, 0.29) is 12.3 Å². The maximum atomic E-state index is 11.4. The summed E-state index contributed by atoms with van der Waals surface area (Å²) < 4.78 is 4.39. The number of carbonyl (C=O) groups excluding carboxylic acids is 2. The van der Waals surface area contributed by atoms with Crippen LogP contribution in [-0.4, -0.2) is 35.4 Å². The average molecular weight is 201 g/mol. The standard InChI is InChI=1S/C8H11NO3S/c1-12-8(11)5-6(10)9-4-2-3-7(9)13/h2-5H2,1H3. The summed E-state index contributed by atoms with van der Waals surface area (Å²) in [6, 6.07) is 0. The maximum Gasteiger partial charge on any atom is 0.315 e. The molecule has 0 atom stereocenters. The highest BCUT2D eigenvalue weighted by molar-refractivity contribution is 7.80. The Balaban J connectivity index is 2.47.